The van der Waals surface area contributed by atoms with E-state index < -0.39 is 12.0 Å². The van der Waals surface area contributed by atoms with E-state index in [1.807, 2.05) is 13.8 Å². The van der Waals surface area contributed by atoms with Gasteiger partial charge in [-0.2, -0.15) is 0 Å². The van der Waals surface area contributed by atoms with Crippen LogP contribution in [-0.4, -0.2) is 25.0 Å². The van der Waals surface area contributed by atoms with Gasteiger partial charge in [0.1, 0.15) is 6.04 Å². The van der Waals surface area contributed by atoms with Crippen molar-refractivity contribution in [3.8, 4) is 0 Å². The van der Waals surface area contributed by atoms with Gasteiger partial charge in [-0.05, 0) is 29.7 Å². The third-order valence-corrected chi connectivity index (χ3v) is 3.91. The van der Waals surface area contributed by atoms with Crippen LogP contribution in [0.25, 0.3) is 6.08 Å². The fourth-order valence-electron chi connectivity index (χ4n) is 1.80. The fraction of sp³-hybridized carbons (Fsp3) is 0.375. The third kappa shape index (κ3) is 5.35. The number of rotatable bonds is 6. The van der Waals surface area contributed by atoms with Gasteiger partial charge in [0, 0.05) is 16.1 Å². The average molecular weight is 344 g/mol. The van der Waals surface area contributed by atoms with E-state index in [1.165, 1.54) is 13.2 Å². The monoisotopic (exact) mass is 343 g/mol. The minimum Gasteiger partial charge on any atom is -0.467 e. The molecule has 1 N–H and O–H groups in total. The smallest absolute Gasteiger partial charge is 0.328 e. The van der Waals surface area contributed by atoms with Gasteiger partial charge in [0.05, 0.1) is 7.11 Å². The number of hydrogen-bond acceptors (Lipinski definition) is 3. The Labute approximate surface area is 140 Å². The summed E-state index contributed by atoms with van der Waals surface area (Å²) in [5, 5.41) is 3.62. The second kappa shape index (κ2) is 8.81. The molecule has 0 radical (unpaired) electrons. The number of esters is 1. The molecule has 4 nitrogen and oxygen atoms in total. The number of halogens is 2. The zero-order valence-electron chi connectivity index (χ0n) is 12.7. The summed E-state index contributed by atoms with van der Waals surface area (Å²) in [6, 6.07) is 4.31. The first kappa shape index (κ1) is 18.5. The summed E-state index contributed by atoms with van der Waals surface area (Å²) >= 11 is 11.8. The number of carbonyl (C=O) groups excluding carboxylic acids is 2. The molecule has 0 saturated carbocycles. The van der Waals surface area contributed by atoms with Crippen molar-refractivity contribution in [3.63, 3.8) is 0 Å². The molecule has 6 heteroatoms. The number of ether oxygens (including phenoxy) is 1. The summed E-state index contributed by atoms with van der Waals surface area (Å²) in [5.41, 5.74) is 0.666. The third-order valence-electron chi connectivity index (χ3n) is 3.34. The van der Waals surface area contributed by atoms with Gasteiger partial charge in [-0.1, -0.05) is 49.5 Å². The zero-order valence-corrected chi connectivity index (χ0v) is 14.2. The van der Waals surface area contributed by atoms with Gasteiger partial charge in [-0.25, -0.2) is 4.79 Å². The Kier molecular flexibility index (Phi) is 7.42. The van der Waals surface area contributed by atoms with E-state index in [4.69, 9.17) is 27.9 Å². The molecule has 2 atom stereocenters. The summed E-state index contributed by atoms with van der Waals surface area (Å²) in [6.45, 7) is 3.82. The highest BCUT2D eigenvalue weighted by molar-refractivity contribution is 6.35. The summed E-state index contributed by atoms with van der Waals surface area (Å²) in [6.07, 6.45) is 3.64. The van der Waals surface area contributed by atoms with E-state index in [-0.39, 0.29) is 11.8 Å². The molecule has 1 amide bonds. The number of methoxy groups -OCH3 is 1. The van der Waals surface area contributed by atoms with Crippen molar-refractivity contribution in [3.05, 3.63) is 39.9 Å². The van der Waals surface area contributed by atoms with E-state index in [2.05, 4.69) is 5.32 Å². The van der Waals surface area contributed by atoms with Crippen LogP contribution in [0.1, 0.15) is 25.8 Å². The molecule has 1 rings (SSSR count). The highest BCUT2D eigenvalue weighted by Gasteiger charge is 2.25. The van der Waals surface area contributed by atoms with Crippen LogP contribution in [0, 0.1) is 5.92 Å². The van der Waals surface area contributed by atoms with Crippen molar-refractivity contribution in [2.24, 2.45) is 5.92 Å². The molecule has 120 valence electrons. The van der Waals surface area contributed by atoms with Crippen molar-refractivity contribution in [2.75, 3.05) is 7.11 Å². The van der Waals surface area contributed by atoms with Crippen LogP contribution >= 0.6 is 23.2 Å². The van der Waals surface area contributed by atoms with E-state index in [0.717, 1.165) is 6.42 Å². The summed E-state index contributed by atoms with van der Waals surface area (Å²) < 4.78 is 4.72. The topological polar surface area (TPSA) is 55.4 Å². The average Bonchev–Trinajstić information content (AvgIpc) is 2.50. The SMILES string of the molecule is CCC(C)[C@@H](NC(=O)/C=C/c1ccc(Cl)cc1Cl)C(=O)OC. The second-order valence-corrected chi connectivity index (χ2v) is 5.74. The Hall–Kier alpha value is -1.52. The Morgan fingerprint density at radius 3 is 2.59 bits per heavy atom. The molecule has 0 spiro atoms. The highest BCUT2D eigenvalue weighted by atomic mass is 35.5. The van der Waals surface area contributed by atoms with Crippen LogP contribution in [-0.2, 0) is 14.3 Å². The molecule has 0 saturated heterocycles. The molecule has 1 aromatic rings. The molecule has 0 heterocycles. The number of nitrogens with one attached hydrogen (secondary N) is 1. The summed E-state index contributed by atoms with van der Waals surface area (Å²) in [7, 11) is 1.30. The highest BCUT2D eigenvalue weighted by Crippen LogP contribution is 2.22. The lowest BCUT2D eigenvalue weighted by molar-refractivity contribution is -0.146. The Morgan fingerprint density at radius 1 is 1.36 bits per heavy atom. The van der Waals surface area contributed by atoms with Crippen LogP contribution in [0.3, 0.4) is 0 Å². The predicted molar refractivity (Wildman–Crippen MR) is 88.9 cm³/mol. The van der Waals surface area contributed by atoms with Gasteiger partial charge in [-0.3, -0.25) is 4.79 Å². The summed E-state index contributed by atoms with van der Waals surface area (Å²) in [5.74, 6) is -0.869. The van der Waals surface area contributed by atoms with Gasteiger partial charge < -0.3 is 10.1 Å². The maximum absolute atomic E-state index is 12.0. The minimum absolute atomic E-state index is 0.0241. The first-order valence-electron chi connectivity index (χ1n) is 6.90. The predicted octanol–water partition coefficient (Wildman–Crippen LogP) is 3.71. The van der Waals surface area contributed by atoms with Crippen molar-refractivity contribution in [1.82, 2.24) is 5.32 Å². The largest absolute Gasteiger partial charge is 0.467 e. The zero-order chi connectivity index (χ0) is 16.7. The normalized spacial score (nSPS) is 13.7. The van der Waals surface area contributed by atoms with Crippen LogP contribution in [0.15, 0.2) is 24.3 Å². The molecule has 1 aromatic carbocycles. The lowest BCUT2D eigenvalue weighted by Crippen LogP contribution is -2.45. The number of carbonyl (C=O) groups is 2. The van der Waals surface area contributed by atoms with Crippen molar-refractivity contribution < 1.29 is 14.3 Å². The molecule has 22 heavy (non-hydrogen) atoms. The van der Waals surface area contributed by atoms with Crippen molar-refractivity contribution in [2.45, 2.75) is 26.3 Å². The molecule has 0 aromatic heterocycles. The first-order chi connectivity index (χ1) is 10.4. The Bertz CT molecular complexity index is 573. The van der Waals surface area contributed by atoms with E-state index in [1.54, 1.807) is 24.3 Å². The van der Waals surface area contributed by atoms with Gasteiger partial charge >= 0.3 is 5.97 Å². The Balaban J connectivity index is 2.78. The van der Waals surface area contributed by atoms with E-state index in [0.29, 0.717) is 15.6 Å². The summed E-state index contributed by atoms with van der Waals surface area (Å²) in [4.78, 5) is 23.7. The van der Waals surface area contributed by atoms with Crippen LogP contribution in [0.5, 0.6) is 0 Å². The second-order valence-electron chi connectivity index (χ2n) is 4.89. The van der Waals surface area contributed by atoms with E-state index >= 15 is 0 Å². The molecule has 1 unspecified atom stereocenters. The molecular weight excluding hydrogens is 325 g/mol. The van der Waals surface area contributed by atoms with Gasteiger partial charge in [-0.15, -0.1) is 0 Å². The number of amides is 1. The van der Waals surface area contributed by atoms with Gasteiger partial charge in [0.25, 0.3) is 0 Å². The van der Waals surface area contributed by atoms with Crippen LogP contribution in [0.4, 0.5) is 0 Å². The lowest BCUT2D eigenvalue weighted by atomic mass is 9.99. The molecular formula is C16H19Cl2NO3. The van der Waals surface area contributed by atoms with Crippen LogP contribution < -0.4 is 5.32 Å². The first-order valence-corrected chi connectivity index (χ1v) is 7.66. The number of hydrogen-bond donors (Lipinski definition) is 1. The molecule has 0 aliphatic heterocycles. The Morgan fingerprint density at radius 2 is 2.05 bits per heavy atom. The fourth-order valence-corrected chi connectivity index (χ4v) is 2.27. The molecule has 0 aliphatic carbocycles. The number of benzene rings is 1. The lowest BCUT2D eigenvalue weighted by Gasteiger charge is -2.21. The maximum Gasteiger partial charge on any atom is 0.328 e. The van der Waals surface area contributed by atoms with Crippen molar-refractivity contribution in [1.29, 1.82) is 0 Å². The molecule has 0 aliphatic rings. The minimum atomic E-state index is -0.673. The molecule has 0 fully saturated rings. The van der Waals surface area contributed by atoms with Gasteiger partial charge in [0.2, 0.25) is 5.91 Å². The maximum atomic E-state index is 12.0. The molecule has 0 bridgehead atoms. The standard InChI is InChI=1S/C16H19Cl2NO3/c1-4-10(2)15(16(21)22-3)19-14(20)8-6-11-5-7-12(17)9-13(11)18/h5-10,15H,4H2,1-3H3,(H,19,20)/b8-6+/t10?,15-/m1/s1. The van der Waals surface area contributed by atoms with Crippen molar-refractivity contribution >= 4 is 41.2 Å². The van der Waals surface area contributed by atoms with Crippen LogP contribution in [0.2, 0.25) is 10.0 Å². The van der Waals surface area contributed by atoms with Gasteiger partial charge in [0.15, 0.2) is 0 Å². The quantitative estimate of drug-likeness (QED) is 0.632. The van der Waals surface area contributed by atoms with E-state index in [9.17, 15) is 9.59 Å².